The van der Waals surface area contributed by atoms with Crippen molar-refractivity contribution < 1.29 is 9.84 Å². The lowest BCUT2D eigenvalue weighted by molar-refractivity contribution is -0.0203. The molecule has 54 valence electrons. The smallest absolute Gasteiger partial charge is 0.0835 e. The Morgan fingerprint density at radius 3 is 2.44 bits per heavy atom. The van der Waals surface area contributed by atoms with Gasteiger partial charge in [0, 0.05) is 0 Å². The van der Waals surface area contributed by atoms with E-state index in [4.69, 9.17) is 9.84 Å². The molecule has 0 aromatic heterocycles. The highest BCUT2D eigenvalue weighted by atomic mass is 16.5. The molecule has 0 spiro atoms. The van der Waals surface area contributed by atoms with Crippen LogP contribution in [0.25, 0.3) is 0 Å². The van der Waals surface area contributed by atoms with Crippen molar-refractivity contribution in [3.8, 4) is 0 Å². The highest BCUT2D eigenvalue weighted by molar-refractivity contribution is 4.73. The van der Waals surface area contributed by atoms with Crippen LogP contribution in [0.4, 0.5) is 0 Å². The van der Waals surface area contributed by atoms with Crippen molar-refractivity contribution in [2.45, 2.75) is 45.0 Å². The van der Waals surface area contributed by atoms with Gasteiger partial charge < -0.3 is 9.84 Å². The second-order valence-electron chi connectivity index (χ2n) is 2.80. The van der Waals surface area contributed by atoms with Gasteiger partial charge in [-0.15, -0.1) is 0 Å². The second kappa shape index (κ2) is 2.67. The molecular formula is C7H14O2. The van der Waals surface area contributed by atoms with Gasteiger partial charge in [0.1, 0.15) is 0 Å². The summed E-state index contributed by atoms with van der Waals surface area (Å²) in [5.41, 5.74) is 0. The number of ether oxygens (including phenoxy) is 1. The van der Waals surface area contributed by atoms with Crippen molar-refractivity contribution in [1.29, 1.82) is 0 Å². The number of rotatable bonds is 1. The molecule has 0 aliphatic carbocycles. The van der Waals surface area contributed by atoms with Gasteiger partial charge in [-0.25, -0.2) is 0 Å². The molecule has 2 heteroatoms. The first-order valence-corrected chi connectivity index (χ1v) is 3.53. The van der Waals surface area contributed by atoms with Gasteiger partial charge in [-0.1, -0.05) is 0 Å². The average Bonchev–Trinajstić information content (AvgIpc) is 2.14. The van der Waals surface area contributed by atoms with Crippen molar-refractivity contribution in [2.75, 3.05) is 0 Å². The average molecular weight is 130 g/mol. The molecule has 1 aliphatic heterocycles. The van der Waals surface area contributed by atoms with E-state index in [2.05, 4.69) is 0 Å². The Morgan fingerprint density at radius 2 is 2.22 bits per heavy atom. The topological polar surface area (TPSA) is 29.5 Å². The highest BCUT2D eigenvalue weighted by Gasteiger charge is 2.24. The minimum Gasteiger partial charge on any atom is -0.391 e. The zero-order valence-corrected chi connectivity index (χ0v) is 6.00. The van der Waals surface area contributed by atoms with E-state index in [0.717, 1.165) is 12.8 Å². The van der Waals surface area contributed by atoms with Crippen LogP contribution in [0, 0.1) is 0 Å². The van der Waals surface area contributed by atoms with E-state index in [1.165, 1.54) is 0 Å². The molecule has 0 radical (unpaired) electrons. The van der Waals surface area contributed by atoms with Gasteiger partial charge >= 0.3 is 0 Å². The third-order valence-electron chi connectivity index (χ3n) is 1.80. The molecule has 0 aromatic carbocycles. The van der Waals surface area contributed by atoms with Crippen LogP contribution in [-0.2, 0) is 4.74 Å². The lowest BCUT2D eigenvalue weighted by Gasteiger charge is -2.12. The summed E-state index contributed by atoms with van der Waals surface area (Å²) in [7, 11) is 0. The van der Waals surface area contributed by atoms with Crippen molar-refractivity contribution in [3.63, 3.8) is 0 Å². The Kier molecular flexibility index (Phi) is 2.09. The molecular weight excluding hydrogens is 116 g/mol. The summed E-state index contributed by atoms with van der Waals surface area (Å²) in [6, 6.07) is 0. The van der Waals surface area contributed by atoms with Crippen LogP contribution in [0.15, 0.2) is 0 Å². The molecule has 1 aliphatic rings. The van der Waals surface area contributed by atoms with Crippen molar-refractivity contribution in [2.24, 2.45) is 0 Å². The first-order valence-electron chi connectivity index (χ1n) is 3.53. The molecule has 0 saturated carbocycles. The van der Waals surface area contributed by atoms with E-state index >= 15 is 0 Å². The molecule has 0 aromatic rings. The Labute approximate surface area is 55.8 Å². The van der Waals surface area contributed by atoms with E-state index in [1.54, 1.807) is 6.92 Å². The van der Waals surface area contributed by atoms with Crippen LogP contribution in [0.3, 0.4) is 0 Å². The minimum absolute atomic E-state index is 0.0972. The minimum atomic E-state index is -0.296. The molecule has 1 heterocycles. The van der Waals surface area contributed by atoms with Crippen LogP contribution in [0.5, 0.6) is 0 Å². The van der Waals surface area contributed by atoms with Gasteiger partial charge in [0.2, 0.25) is 0 Å². The van der Waals surface area contributed by atoms with E-state index in [0.29, 0.717) is 6.10 Å². The monoisotopic (exact) mass is 130 g/mol. The van der Waals surface area contributed by atoms with Gasteiger partial charge in [-0.2, -0.15) is 0 Å². The quantitative estimate of drug-likeness (QED) is 0.572. The van der Waals surface area contributed by atoms with Gasteiger partial charge in [-0.05, 0) is 26.7 Å². The van der Waals surface area contributed by atoms with E-state index in [-0.39, 0.29) is 12.2 Å². The summed E-state index contributed by atoms with van der Waals surface area (Å²) in [6.45, 7) is 3.82. The molecule has 1 unspecified atom stereocenters. The first-order chi connectivity index (χ1) is 4.20. The van der Waals surface area contributed by atoms with Gasteiger partial charge in [0.25, 0.3) is 0 Å². The van der Waals surface area contributed by atoms with E-state index < -0.39 is 0 Å². The van der Waals surface area contributed by atoms with Crippen LogP contribution in [0.1, 0.15) is 26.7 Å². The van der Waals surface area contributed by atoms with Crippen LogP contribution >= 0.6 is 0 Å². The van der Waals surface area contributed by atoms with Gasteiger partial charge in [0.05, 0.1) is 18.3 Å². The first kappa shape index (κ1) is 7.03. The van der Waals surface area contributed by atoms with Crippen molar-refractivity contribution in [1.82, 2.24) is 0 Å². The Morgan fingerprint density at radius 1 is 1.56 bits per heavy atom. The number of aliphatic hydroxyl groups is 1. The lowest BCUT2D eigenvalue weighted by atomic mass is 10.1. The van der Waals surface area contributed by atoms with Gasteiger partial charge in [-0.3, -0.25) is 0 Å². The molecule has 0 bridgehead atoms. The zero-order valence-electron chi connectivity index (χ0n) is 6.00. The maximum absolute atomic E-state index is 9.04. The molecule has 9 heavy (non-hydrogen) atoms. The fraction of sp³-hybridized carbons (Fsp3) is 1.00. The normalized spacial score (nSPS) is 39.0. The highest BCUT2D eigenvalue weighted by Crippen LogP contribution is 2.21. The number of hydrogen-bond acceptors (Lipinski definition) is 2. The maximum Gasteiger partial charge on any atom is 0.0835 e. The number of hydrogen-bond donors (Lipinski definition) is 1. The molecule has 1 N–H and O–H groups in total. The summed E-state index contributed by atoms with van der Waals surface area (Å²) in [5.74, 6) is 0. The van der Waals surface area contributed by atoms with Crippen LogP contribution in [0.2, 0.25) is 0 Å². The summed E-state index contributed by atoms with van der Waals surface area (Å²) < 4.78 is 5.37. The molecule has 1 saturated heterocycles. The summed E-state index contributed by atoms with van der Waals surface area (Å²) >= 11 is 0. The predicted octanol–water partition coefficient (Wildman–Crippen LogP) is 0.935. The lowest BCUT2D eigenvalue weighted by Crippen LogP contribution is -2.22. The molecule has 2 nitrogen and oxygen atoms in total. The third kappa shape index (κ3) is 1.66. The standard InChI is InChI=1S/C7H14O2/c1-5-3-4-7(9-5)6(2)8/h5-8H,3-4H2,1-2H3/t5-,6+,7?/m0/s1. The summed E-state index contributed by atoms with van der Waals surface area (Å²) in [5, 5.41) is 9.04. The second-order valence-corrected chi connectivity index (χ2v) is 2.80. The Bertz CT molecular complexity index is 90.9. The molecule has 3 atom stereocenters. The molecule has 1 rings (SSSR count). The number of aliphatic hydroxyl groups excluding tert-OH is 1. The van der Waals surface area contributed by atoms with Crippen molar-refractivity contribution >= 4 is 0 Å². The third-order valence-corrected chi connectivity index (χ3v) is 1.80. The fourth-order valence-electron chi connectivity index (χ4n) is 1.19. The van der Waals surface area contributed by atoms with Crippen molar-refractivity contribution in [3.05, 3.63) is 0 Å². The molecule has 0 amide bonds. The Hall–Kier alpha value is -0.0800. The van der Waals surface area contributed by atoms with E-state index in [1.807, 2.05) is 6.92 Å². The maximum atomic E-state index is 9.04. The SMILES string of the molecule is C[C@H]1CCC([C@@H](C)O)O1. The fourth-order valence-corrected chi connectivity index (χ4v) is 1.19. The van der Waals surface area contributed by atoms with Crippen LogP contribution < -0.4 is 0 Å². The predicted molar refractivity (Wildman–Crippen MR) is 35.2 cm³/mol. The van der Waals surface area contributed by atoms with Crippen LogP contribution in [-0.4, -0.2) is 23.4 Å². The molecule has 1 fully saturated rings. The summed E-state index contributed by atoms with van der Waals surface area (Å²) in [6.07, 6.45) is 2.26. The van der Waals surface area contributed by atoms with Gasteiger partial charge in [0.15, 0.2) is 0 Å². The van der Waals surface area contributed by atoms with E-state index in [9.17, 15) is 0 Å². The summed E-state index contributed by atoms with van der Waals surface area (Å²) in [4.78, 5) is 0. The Balaban J connectivity index is 2.30. The zero-order chi connectivity index (χ0) is 6.85. The largest absolute Gasteiger partial charge is 0.391 e.